The van der Waals surface area contributed by atoms with E-state index >= 15 is 0 Å². The number of nitrogens with two attached hydrogens (primary N) is 1. The molecular formula is C16H20N2O2S. The van der Waals surface area contributed by atoms with Crippen molar-refractivity contribution in [3.63, 3.8) is 0 Å². The molecule has 0 bridgehead atoms. The molecule has 112 valence electrons. The van der Waals surface area contributed by atoms with Gasteiger partial charge in [0.1, 0.15) is 0 Å². The van der Waals surface area contributed by atoms with Crippen molar-refractivity contribution in [2.45, 2.75) is 31.2 Å². The van der Waals surface area contributed by atoms with Gasteiger partial charge in [-0.1, -0.05) is 44.2 Å². The van der Waals surface area contributed by atoms with E-state index in [1.54, 1.807) is 30.3 Å². The minimum Gasteiger partial charge on any atom is -0.326 e. The fourth-order valence-corrected chi connectivity index (χ4v) is 3.29. The van der Waals surface area contributed by atoms with Gasteiger partial charge in [-0.15, -0.1) is 0 Å². The van der Waals surface area contributed by atoms with Gasteiger partial charge in [-0.3, -0.25) is 4.72 Å². The van der Waals surface area contributed by atoms with Crippen LogP contribution in [0.15, 0.2) is 53.4 Å². The van der Waals surface area contributed by atoms with Crippen molar-refractivity contribution < 1.29 is 8.42 Å². The van der Waals surface area contributed by atoms with E-state index in [-0.39, 0.29) is 10.8 Å². The van der Waals surface area contributed by atoms with E-state index in [1.165, 1.54) is 0 Å². The van der Waals surface area contributed by atoms with Crippen molar-refractivity contribution in [2.24, 2.45) is 5.73 Å². The van der Waals surface area contributed by atoms with Crippen LogP contribution in [0, 0.1) is 0 Å². The van der Waals surface area contributed by atoms with E-state index < -0.39 is 10.0 Å². The van der Waals surface area contributed by atoms with E-state index in [4.69, 9.17) is 5.73 Å². The highest BCUT2D eigenvalue weighted by Gasteiger charge is 2.17. The monoisotopic (exact) mass is 304 g/mol. The SMILES string of the molecule is CC(C)c1ccccc1NS(=O)(=O)c1cccc(CN)c1. The minimum absolute atomic E-state index is 0.226. The summed E-state index contributed by atoms with van der Waals surface area (Å²) >= 11 is 0. The predicted octanol–water partition coefficient (Wildman–Crippen LogP) is 3.07. The maximum atomic E-state index is 12.5. The van der Waals surface area contributed by atoms with E-state index in [9.17, 15) is 8.42 Å². The van der Waals surface area contributed by atoms with E-state index in [0.717, 1.165) is 11.1 Å². The molecule has 0 heterocycles. The third-order valence-electron chi connectivity index (χ3n) is 3.27. The molecule has 0 radical (unpaired) electrons. The van der Waals surface area contributed by atoms with Gasteiger partial charge in [0, 0.05) is 6.54 Å². The first-order valence-electron chi connectivity index (χ1n) is 6.85. The summed E-state index contributed by atoms with van der Waals surface area (Å²) < 4.78 is 27.7. The lowest BCUT2D eigenvalue weighted by molar-refractivity contribution is 0.601. The van der Waals surface area contributed by atoms with Gasteiger partial charge in [0.2, 0.25) is 0 Å². The van der Waals surface area contributed by atoms with Gasteiger partial charge < -0.3 is 5.73 Å². The van der Waals surface area contributed by atoms with Gasteiger partial charge in [0.25, 0.3) is 10.0 Å². The number of hydrogen-bond acceptors (Lipinski definition) is 3. The lowest BCUT2D eigenvalue weighted by Crippen LogP contribution is -2.15. The maximum absolute atomic E-state index is 12.5. The molecule has 0 aliphatic carbocycles. The van der Waals surface area contributed by atoms with Gasteiger partial charge in [-0.2, -0.15) is 0 Å². The van der Waals surface area contributed by atoms with E-state index in [2.05, 4.69) is 4.72 Å². The Hall–Kier alpha value is -1.85. The molecule has 0 spiro atoms. The fraction of sp³-hybridized carbons (Fsp3) is 0.250. The Bertz CT molecular complexity index is 725. The van der Waals surface area contributed by atoms with Crippen molar-refractivity contribution in [3.05, 3.63) is 59.7 Å². The van der Waals surface area contributed by atoms with Crippen molar-refractivity contribution in [3.8, 4) is 0 Å². The third kappa shape index (κ3) is 3.62. The first kappa shape index (κ1) is 15.5. The number of nitrogens with one attached hydrogen (secondary N) is 1. The second-order valence-corrected chi connectivity index (χ2v) is 6.88. The van der Waals surface area contributed by atoms with Crippen molar-refractivity contribution >= 4 is 15.7 Å². The van der Waals surface area contributed by atoms with Crippen LogP contribution in [0.5, 0.6) is 0 Å². The number of sulfonamides is 1. The molecule has 0 saturated carbocycles. The van der Waals surface area contributed by atoms with Crippen LogP contribution in [0.3, 0.4) is 0 Å². The molecule has 3 N–H and O–H groups in total. The highest BCUT2D eigenvalue weighted by Crippen LogP contribution is 2.26. The summed E-state index contributed by atoms with van der Waals surface area (Å²) in [6.07, 6.45) is 0. The Kier molecular flexibility index (Phi) is 4.65. The summed E-state index contributed by atoms with van der Waals surface area (Å²) in [4.78, 5) is 0.226. The number of anilines is 1. The molecule has 2 rings (SSSR count). The van der Waals surface area contributed by atoms with Crippen molar-refractivity contribution in [2.75, 3.05) is 4.72 Å². The van der Waals surface area contributed by atoms with E-state index in [0.29, 0.717) is 12.2 Å². The molecular weight excluding hydrogens is 284 g/mol. The molecule has 0 amide bonds. The molecule has 2 aromatic rings. The molecule has 5 heteroatoms. The molecule has 2 aromatic carbocycles. The summed E-state index contributed by atoms with van der Waals surface area (Å²) in [5.74, 6) is 0.235. The normalized spacial score (nSPS) is 11.6. The summed E-state index contributed by atoms with van der Waals surface area (Å²) in [5.41, 5.74) is 7.94. The van der Waals surface area contributed by atoms with Gasteiger partial charge in [-0.05, 0) is 35.2 Å². The Morgan fingerprint density at radius 3 is 2.48 bits per heavy atom. The van der Waals surface area contributed by atoms with Gasteiger partial charge in [0.15, 0.2) is 0 Å². The molecule has 0 aliphatic rings. The Morgan fingerprint density at radius 1 is 1.10 bits per heavy atom. The Labute approximate surface area is 126 Å². The summed E-state index contributed by atoms with van der Waals surface area (Å²) in [6, 6.07) is 14.1. The largest absolute Gasteiger partial charge is 0.326 e. The fourth-order valence-electron chi connectivity index (χ4n) is 2.14. The first-order valence-corrected chi connectivity index (χ1v) is 8.33. The summed E-state index contributed by atoms with van der Waals surface area (Å²) in [6.45, 7) is 4.37. The highest BCUT2D eigenvalue weighted by molar-refractivity contribution is 7.92. The average Bonchev–Trinajstić information content (AvgIpc) is 2.47. The molecule has 0 saturated heterocycles. The molecule has 4 nitrogen and oxygen atoms in total. The second kappa shape index (κ2) is 6.28. The Balaban J connectivity index is 2.38. The maximum Gasteiger partial charge on any atom is 0.261 e. The molecule has 0 atom stereocenters. The predicted molar refractivity (Wildman–Crippen MR) is 85.7 cm³/mol. The van der Waals surface area contributed by atoms with Crippen LogP contribution >= 0.6 is 0 Å². The van der Waals surface area contributed by atoms with Crippen molar-refractivity contribution in [1.29, 1.82) is 0 Å². The zero-order valence-corrected chi connectivity index (χ0v) is 13.0. The summed E-state index contributed by atoms with van der Waals surface area (Å²) in [5, 5.41) is 0. The van der Waals surface area contributed by atoms with Crippen molar-refractivity contribution in [1.82, 2.24) is 0 Å². The summed E-state index contributed by atoms with van der Waals surface area (Å²) in [7, 11) is -3.61. The third-order valence-corrected chi connectivity index (χ3v) is 4.63. The van der Waals surface area contributed by atoms with Gasteiger partial charge >= 0.3 is 0 Å². The van der Waals surface area contributed by atoms with Crippen LogP contribution < -0.4 is 10.5 Å². The lowest BCUT2D eigenvalue weighted by atomic mass is 10.0. The molecule has 21 heavy (non-hydrogen) atoms. The minimum atomic E-state index is -3.61. The van der Waals surface area contributed by atoms with Gasteiger partial charge in [0.05, 0.1) is 10.6 Å². The van der Waals surface area contributed by atoms with E-state index in [1.807, 2.05) is 32.0 Å². The highest BCUT2D eigenvalue weighted by atomic mass is 32.2. The zero-order chi connectivity index (χ0) is 15.5. The van der Waals surface area contributed by atoms with Crippen LogP contribution in [0.2, 0.25) is 0 Å². The topological polar surface area (TPSA) is 72.2 Å². The molecule has 0 aliphatic heterocycles. The smallest absolute Gasteiger partial charge is 0.261 e. The number of para-hydroxylation sites is 1. The van der Waals surface area contributed by atoms with Crippen LogP contribution in [0.25, 0.3) is 0 Å². The standard InChI is InChI=1S/C16H20N2O2S/c1-12(2)15-8-3-4-9-16(15)18-21(19,20)14-7-5-6-13(10-14)11-17/h3-10,12,18H,11,17H2,1-2H3. The number of hydrogen-bond donors (Lipinski definition) is 2. The van der Waals surface area contributed by atoms with Crippen LogP contribution in [0.4, 0.5) is 5.69 Å². The lowest BCUT2D eigenvalue weighted by Gasteiger charge is -2.15. The zero-order valence-electron chi connectivity index (χ0n) is 12.2. The molecule has 0 unspecified atom stereocenters. The van der Waals surface area contributed by atoms with Gasteiger partial charge in [-0.25, -0.2) is 8.42 Å². The first-order chi connectivity index (χ1) is 9.94. The molecule has 0 fully saturated rings. The Morgan fingerprint density at radius 2 is 1.81 bits per heavy atom. The average molecular weight is 304 g/mol. The quantitative estimate of drug-likeness (QED) is 0.891. The van der Waals surface area contributed by atoms with Crippen LogP contribution in [-0.4, -0.2) is 8.42 Å². The molecule has 0 aromatic heterocycles. The second-order valence-electron chi connectivity index (χ2n) is 5.20. The number of rotatable bonds is 5. The van der Waals surface area contributed by atoms with Crippen LogP contribution in [0.1, 0.15) is 30.9 Å². The number of benzene rings is 2. The van der Waals surface area contributed by atoms with Crippen LogP contribution in [-0.2, 0) is 16.6 Å².